The molecule has 3 atom stereocenters. The number of rotatable bonds is 6. The summed E-state index contributed by atoms with van der Waals surface area (Å²) < 4.78 is 25.5. The molecule has 3 unspecified atom stereocenters. The third kappa shape index (κ3) is 4.32. The Bertz CT molecular complexity index is 1140. The molecule has 1 saturated carbocycles. The Kier molecular flexibility index (Phi) is 5.80. The molecule has 2 fully saturated rings. The van der Waals surface area contributed by atoms with Gasteiger partial charge in [0.1, 0.15) is 5.69 Å². The number of carbonyl (C=O) groups is 1. The molecule has 1 saturated heterocycles. The minimum absolute atomic E-state index is 0.0636. The van der Waals surface area contributed by atoms with Crippen molar-refractivity contribution >= 4 is 5.91 Å². The second-order valence-electron chi connectivity index (χ2n) is 8.65. The average Bonchev–Trinajstić information content (AvgIpc) is 3.44. The van der Waals surface area contributed by atoms with Gasteiger partial charge in [-0.15, -0.1) is 0 Å². The van der Waals surface area contributed by atoms with Crippen molar-refractivity contribution in [3.05, 3.63) is 71.4 Å². The van der Waals surface area contributed by atoms with E-state index in [0.29, 0.717) is 41.8 Å². The second kappa shape index (κ2) is 8.90. The number of piperidine rings is 1. The highest BCUT2D eigenvalue weighted by molar-refractivity contribution is 5.99. The molecule has 0 spiro atoms. The number of aromatic nitrogens is 4. The zero-order valence-electron chi connectivity index (χ0n) is 18.2. The first kappa shape index (κ1) is 21.5. The number of carbonyl (C=O) groups excluding carboxylic acids is 1. The van der Waals surface area contributed by atoms with E-state index in [1.54, 1.807) is 30.6 Å². The monoisotopic (exact) mass is 450 g/mol. The van der Waals surface area contributed by atoms with Crippen LogP contribution in [0.15, 0.2) is 48.9 Å². The highest BCUT2D eigenvalue weighted by Crippen LogP contribution is 2.39. The SMILES string of the molecule is Cc1ccc(C(=O)N2CC3CC(NCc4ccc(C(F)F)cn4)C2C3)c(-c2ncccn2)n1. The van der Waals surface area contributed by atoms with E-state index in [0.717, 1.165) is 18.5 Å². The van der Waals surface area contributed by atoms with Gasteiger partial charge in [-0.1, -0.05) is 0 Å². The molecule has 1 aliphatic heterocycles. The van der Waals surface area contributed by atoms with Gasteiger partial charge in [-0.2, -0.15) is 0 Å². The number of halogens is 2. The first-order valence-electron chi connectivity index (χ1n) is 11.0. The molecule has 170 valence electrons. The van der Waals surface area contributed by atoms with Crippen LogP contribution in [0.5, 0.6) is 0 Å². The van der Waals surface area contributed by atoms with Crippen LogP contribution in [0.25, 0.3) is 11.5 Å². The van der Waals surface area contributed by atoms with Gasteiger partial charge in [0.25, 0.3) is 12.3 Å². The van der Waals surface area contributed by atoms with E-state index in [1.165, 1.54) is 12.3 Å². The summed E-state index contributed by atoms with van der Waals surface area (Å²) in [6, 6.07) is 8.58. The topological polar surface area (TPSA) is 83.9 Å². The maximum absolute atomic E-state index is 13.6. The molecule has 9 heteroatoms. The Hall–Kier alpha value is -3.33. The molecule has 0 aromatic carbocycles. The number of hydrogen-bond acceptors (Lipinski definition) is 6. The molecule has 2 aliphatic rings. The number of amides is 1. The number of fused-ring (bicyclic) bond motifs is 2. The quantitative estimate of drug-likeness (QED) is 0.618. The minimum atomic E-state index is -2.52. The van der Waals surface area contributed by atoms with Crippen molar-refractivity contribution in [2.24, 2.45) is 5.92 Å². The first-order chi connectivity index (χ1) is 16.0. The molecule has 0 radical (unpaired) electrons. The first-order valence-corrected chi connectivity index (χ1v) is 11.0. The van der Waals surface area contributed by atoms with E-state index in [-0.39, 0.29) is 23.6 Å². The molecular weight excluding hydrogens is 426 g/mol. The second-order valence-corrected chi connectivity index (χ2v) is 8.65. The number of alkyl halides is 2. The van der Waals surface area contributed by atoms with Crippen LogP contribution in [0, 0.1) is 12.8 Å². The molecule has 4 heterocycles. The molecule has 2 bridgehead atoms. The molecule has 3 aromatic rings. The molecule has 3 aromatic heterocycles. The van der Waals surface area contributed by atoms with E-state index in [2.05, 4.69) is 25.3 Å². The summed E-state index contributed by atoms with van der Waals surface area (Å²) in [5.74, 6) is 0.797. The summed E-state index contributed by atoms with van der Waals surface area (Å²) in [6.45, 7) is 3.06. The maximum atomic E-state index is 13.6. The molecule has 1 aliphatic carbocycles. The van der Waals surface area contributed by atoms with E-state index >= 15 is 0 Å². The molecule has 1 amide bonds. The number of aryl methyl sites for hydroxylation is 1. The summed E-state index contributed by atoms with van der Waals surface area (Å²) in [4.78, 5) is 32.8. The molecule has 5 rings (SSSR count). The van der Waals surface area contributed by atoms with Crippen molar-refractivity contribution in [1.82, 2.24) is 30.2 Å². The van der Waals surface area contributed by atoms with Crippen LogP contribution in [-0.2, 0) is 6.54 Å². The Balaban J connectivity index is 1.32. The van der Waals surface area contributed by atoms with Crippen molar-refractivity contribution in [2.75, 3.05) is 6.54 Å². The van der Waals surface area contributed by atoms with Crippen LogP contribution < -0.4 is 5.32 Å². The molecular formula is C24H24F2N6O. The highest BCUT2D eigenvalue weighted by atomic mass is 19.3. The van der Waals surface area contributed by atoms with Crippen LogP contribution >= 0.6 is 0 Å². The van der Waals surface area contributed by atoms with Gasteiger partial charge in [-0.05, 0) is 56.0 Å². The lowest BCUT2D eigenvalue weighted by Crippen LogP contribution is -2.50. The van der Waals surface area contributed by atoms with Crippen LogP contribution in [0.4, 0.5) is 8.78 Å². The van der Waals surface area contributed by atoms with E-state index in [9.17, 15) is 13.6 Å². The lowest BCUT2D eigenvalue weighted by Gasteiger charge is -2.34. The number of pyridine rings is 2. The Morgan fingerprint density at radius 3 is 2.67 bits per heavy atom. The molecule has 7 nitrogen and oxygen atoms in total. The predicted molar refractivity (Wildman–Crippen MR) is 117 cm³/mol. The fourth-order valence-electron chi connectivity index (χ4n) is 4.86. The van der Waals surface area contributed by atoms with Gasteiger partial charge < -0.3 is 10.2 Å². The summed E-state index contributed by atoms with van der Waals surface area (Å²) in [5, 5.41) is 3.49. The van der Waals surface area contributed by atoms with Gasteiger partial charge in [0.05, 0.1) is 11.3 Å². The zero-order valence-corrected chi connectivity index (χ0v) is 18.2. The Morgan fingerprint density at radius 1 is 1.15 bits per heavy atom. The zero-order chi connectivity index (χ0) is 22.9. The summed E-state index contributed by atoms with van der Waals surface area (Å²) in [7, 11) is 0. The lowest BCUT2D eigenvalue weighted by atomic mass is 10.0. The third-order valence-corrected chi connectivity index (χ3v) is 6.43. The van der Waals surface area contributed by atoms with Gasteiger partial charge >= 0.3 is 0 Å². The standard InChI is InChI=1S/C24H24F2N6O/c1-14-3-6-18(21(31-14)23-27-7-2-8-28-23)24(33)32-13-15-9-19(20(32)10-15)30-12-17-5-4-16(11-29-17)22(25)26/h2-8,11,15,19-20,22,30H,9-10,12-13H2,1H3. The number of likely N-dealkylation sites (tertiary alicyclic amines) is 1. The molecule has 33 heavy (non-hydrogen) atoms. The molecule has 1 N–H and O–H groups in total. The van der Waals surface area contributed by atoms with E-state index in [1.807, 2.05) is 17.9 Å². The third-order valence-electron chi connectivity index (χ3n) is 6.43. The van der Waals surface area contributed by atoms with Crippen LogP contribution in [-0.4, -0.2) is 49.4 Å². The van der Waals surface area contributed by atoms with E-state index < -0.39 is 6.43 Å². The minimum Gasteiger partial charge on any atom is -0.334 e. The Morgan fingerprint density at radius 2 is 1.97 bits per heavy atom. The van der Waals surface area contributed by atoms with Crippen molar-refractivity contribution in [3.8, 4) is 11.5 Å². The maximum Gasteiger partial charge on any atom is 0.265 e. The lowest BCUT2D eigenvalue weighted by molar-refractivity contribution is 0.0667. The van der Waals surface area contributed by atoms with Gasteiger partial charge in [0.2, 0.25) is 0 Å². The van der Waals surface area contributed by atoms with Crippen LogP contribution in [0.2, 0.25) is 0 Å². The Labute approximate surface area is 190 Å². The average molecular weight is 450 g/mol. The predicted octanol–water partition coefficient (Wildman–Crippen LogP) is 3.57. The summed E-state index contributed by atoms with van der Waals surface area (Å²) in [5.41, 5.74) is 2.41. The largest absolute Gasteiger partial charge is 0.334 e. The van der Waals surface area contributed by atoms with Crippen molar-refractivity contribution in [2.45, 2.75) is 44.8 Å². The van der Waals surface area contributed by atoms with Crippen molar-refractivity contribution in [1.29, 1.82) is 0 Å². The van der Waals surface area contributed by atoms with Crippen molar-refractivity contribution in [3.63, 3.8) is 0 Å². The summed E-state index contributed by atoms with van der Waals surface area (Å²) in [6.07, 6.45) is 3.89. The number of nitrogens with one attached hydrogen (secondary N) is 1. The fraction of sp³-hybridized carbons (Fsp3) is 0.375. The van der Waals surface area contributed by atoms with E-state index in [4.69, 9.17) is 0 Å². The number of hydrogen-bond donors (Lipinski definition) is 1. The van der Waals surface area contributed by atoms with Crippen molar-refractivity contribution < 1.29 is 13.6 Å². The van der Waals surface area contributed by atoms with Gasteiger partial charge in [-0.3, -0.25) is 9.78 Å². The van der Waals surface area contributed by atoms with Crippen LogP contribution in [0.3, 0.4) is 0 Å². The number of nitrogens with zero attached hydrogens (tertiary/aromatic N) is 5. The summed E-state index contributed by atoms with van der Waals surface area (Å²) >= 11 is 0. The van der Waals surface area contributed by atoms with Gasteiger partial charge in [0, 0.05) is 55.0 Å². The normalized spacial score (nSPS) is 21.7. The van der Waals surface area contributed by atoms with Crippen LogP contribution in [0.1, 0.15) is 46.6 Å². The van der Waals surface area contributed by atoms with Gasteiger partial charge in [0.15, 0.2) is 5.82 Å². The van der Waals surface area contributed by atoms with Gasteiger partial charge in [-0.25, -0.2) is 23.7 Å². The fourth-order valence-corrected chi connectivity index (χ4v) is 4.86. The smallest absolute Gasteiger partial charge is 0.265 e. The highest BCUT2D eigenvalue weighted by Gasteiger charge is 2.47.